The average molecular weight is 537 g/mol. The Bertz CT molecular complexity index is 1240. The molecule has 190 valence electrons. The lowest BCUT2D eigenvalue weighted by Gasteiger charge is -2.36. The molecule has 1 amide bonds. The van der Waals surface area contributed by atoms with Crippen molar-refractivity contribution in [3.63, 3.8) is 0 Å². The molecule has 1 unspecified atom stereocenters. The molecule has 0 N–H and O–H groups in total. The summed E-state index contributed by atoms with van der Waals surface area (Å²) in [7, 11) is -2.12. The van der Waals surface area contributed by atoms with E-state index in [1.807, 2.05) is 18.2 Å². The summed E-state index contributed by atoms with van der Waals surface area (Å²) in [6.45, 7) is 7.41. The molecule has 0 spiro atoms. The van der Waals surface area contributed by atoms with E-state index < -0.39 is 16.1 Å². The Balaban J connectivity index is 1.69. The number of likely N-dealkylation sites (N-methyl/N-ethyl adjacent to an activating group) is 1. The van der Waals surface area contributed by atoms with Gasteiger partial charge >= 0.3 is 0 Å². The van der Waals surface area contributed by atoms with Crippen molar-refractivity contribution in [2.45, 2.75) is 43.4 Å². The molecule has 3 aromatic rings. The van der Waals surface area contributed by atoms with Crippen LogP contribution in [0.15, 0.2) is 39.9 Å². The maximum absolute atomic E-state index is 14.1. The number of carbonyl (C=O) groups excluding carboxylic acids is 1. The number of aromatic nitrogens is 1. The van der Waals surface area contributed by atoms with Crippen molar-refractivity contribution in [2.75, 3.05) is 44.7 Å². The lowest BCUT2D eigenvalue weighted by molar-refractivity contribution is -0.123. The van der Waals surface area contributed by atoms with Crippen molar-refractivity contribution in [1.29, 1.82) is 0 Å². The molecule has 1 aromatic carbocycles. The summed E-state index contributed by atoms with van der Waals surface area (Å²) in [5.41, 5.74) is 0.790. The molecule has 0 radical (unpaired) electrons. The molecule has 8 nitrogen and oxygen atoms in total. The number of methoxy groups -OCH3 is 1. The fraction of sp³-hybridized carbons (Fsp3) is 0.500. The van der Waals surface area contributed by atoms with Gasteiger partial charge in [0.25, 0.3) is 10.0 Å². The second-order valence-electron chi connectivity index (χ2n) is 8.41. The summed E-state index contributed by atoms with van der Waals surface area (Å²) in [6.07, 6.45) is 2.06. The van der Waals surface area contributed by atoms with Gasteiger partial charge in [-0.1, -0.05) is 37.7 Å². The maximum Gasteiger partial charge on any atom is 0.253 e. The third-order valence-electron chi connectivity index (χ3n) is 6.41. The van der Waals surface area contributed by atoms with Gasteiger partial charge in [-0.05, 0) is 55.6 Å². The van der Waals surface area contributed by atoms with E-state index in [9.17, 15) is 13.2 Å². The van der Waals surface area contributed by atoms with Crippen LogP contribution in [0.2, 0.25) is 0 Å². The minimum absolute atomic E-state index is 0.206. The second kappa shape index (κ2) is 11.3. The first kappa shape index (κ1) is 26.0. The van der Waals surface area contributed by atoms with Crippen molar-refractivity contribution in [1.82, 2.24) is 14.2 Å². The fourth-order valence-electron chi connectivity index (χ4n) is 4.36. The lowest BCUT2D eigenvalue weighted by atomic mass is 10.0. The van der Waals surface area contributed by atoms with Gasteiger partial charge in [0, 0.05) is 19.6 Å². The van der Waals surface area contributed by atoms with Gasteiger partial charge in [-0.2, -0.15) is 4.31 Å². The Morgan fingerprint density at radius 2 is 2.00 bits per heavy atom. The molecular weight excluding hydrogens is 504 g/mol. The minimum atomic E-state index is -3.74. The van der Waals surface area contributed by atoms with Gasteiger partial charge in [-0.25, -0.2) is 13.4 Å². The van der Waals surface area contributed by atoms with Crippen molar-refractivity contribution in [2.24, 2.45) is 0 Å². The normalized spacial score (nSPS) is 17.2. The van der Waals surface area contributed by atoms with E-state index >= 15 is 0 Å². The number of piperidine rings is 1. The smallest absolute Gasteiger partial charge is 0.253 e. The molecule has 11 heteroatoms. The number of thiophene rings is 1. The third kappa shape index (κ3) is 5.54. The van der Waals surface area contributed by atoms with Gasteiger partial charge < -0.3 is 9.64 Å². The van der Waals surface area contributed by atoms with Gasteiger partial charge in [0.05, 0.1) is 17.3 Å². The van der Waals surface area contributed by atoms with Crippen LogP contribution in [0.25, 0.3) is 10.2 Å². The highest BCUT2D eigenvalue weighted by Gasteiger charge is 2.40. The van der Waals surface area contributed by atoms with Crippen LogP contribution < -0.4 is 9.64 Å². The van der Waals surface area contributed by atoms with Crippen molar-refractivity contribution in [3.8, 4) is 5.75 Å². The number of nitrogens with zero attached hydrogens (tertiary/aromatic N) is 4. The summed E-state index contributed by atoms with van der Waals surface area (Å²) >= 11 is 2.62. The summed E-state index contributed by atoms with van der Waals surface area (Å²) in [6, 6.07) is 8.24. The summed E-state index contributed by atoms with van der Waals surface area (Å²) in [4.78, 5) is 22.8. The quantitative estimate of drug-likeness (QED) is 0.385. The molecule has 1 saturated heterocycles. The van der Waals surface area contributed by atoms with Gasteiger partial charge in [0.1, 0.15) is 16.0 Å². The number of rotatable bonds is 10. The topological polar surface area (TPSA) is 83.0 Å². The van der Waals surface area contributed by atoms with E-state index in [1.165, 1.54) is 27.0 Å². The number of ether oxygens (including phenoxy) is 1. The zero-order valence-electron chi connectivity index (χ0n) is 20.3. The second-order valence-corrected chi connectivity index (χ2v) is 12.5. The molecule has 1 fully saturated rings. The average Bonchev–Trinajstić information content (AvgIpc) is 3.56. The number of hydrogen-bond acceptors (Lipinski definition) is 8. The number of anilines is 1. The Morgan fingerprint density at radius 1 is 1.20 bits per heavy atom. The standard InChI is InChI=1S/C24H32N4O4S3/c1-4-26(5-2)14-15-27(24-25-19-12-11-18(32-3)17-21(19)34-24)23(29)20-9-6-7-13-28(20)35(30,31)22-10-8-16-33-22/h8,10-12,16-17,20H,4-7,9,13-15H2,1-3H3. The molecule has 1 aliphatic rings. The van der Waals surface area contributed by atoms with Gasteiger partial charge in [-0.3, -0.25) is 9.69 Å². The van der Waals surface area contributed by atoms with E-state index in [1.54, 1.807) is 29.5 Å². The highest BCUT2D eigenvalue weighted by Crippen LogP contribution is 2.34. The van der Waals surface area contributed by atoms with Crippen LogP contribution in [0.1, 0.15) is 33.1 Å². The molecular formula is C24H32N4O4S3. The number of thiazole rings is 1. The van der Waals surface area contributed by atoms with E-state index in [-0.39, 0.29) is 10.1 Å². The SMILES string of the molecule is CCN(CC)CCN(C(=O)C1CCCCN1S(=O)(=O)c1cccs1)c1nc2ccc(OC)cc2s1. The molecule has 0 aliphatic carbocycles. The van der Waals surface area contributed by atoms with Crippen LogP contribution in [-0.2, 0) is 14.8 Å². The monoisotopic (exact) mass is 536 g/mol. The summed E-state index contributed by atoms with van der Waals surface area (Å²) < 4.78 is 34.8. The molecule has 1 aliphatic heterocycles. The highest BCUT2D eigenvalue weighted by atomic mass is 32.2. The minimum Gasteiger partial charge on any atom is -0.497 e. The first-order valence-corrected chi connectivity index (χ1v) is 15.1. The molecule has 0 saturated carbocycles. The molecule has 0 bridgehead atoms. The van der Waals surface area contributed by atoms with E-state index in [0.717, 1.165) is 41.9 Å². The van der Waals surface area contributed by atoms with Crippen molar-refractivity contribution >= 4 is 54.0 Å². The van der Waals surface area contributed by atoms with Crippen LogP contribution in [-0.4, -0.2) is 74.4 Å². The Kier molecular flexibility index (Phi) is 8.43. The number of fused-ring (bicyclic) bond motifs is 1. The van der Waals surface area contributed by atoms with E-state index in [0.29, 0.717) is 31.2 Å². The Labute approximate surface area is 215 Å². The third-order valence-corrected chi connectivity index (χ3v) is 10.7. The van der Waals surface area contributed by atoms with Crippen LogP contribution in [0, 0.1) is 0 Å². The number of sulfonamides is 1. The van der Waals surface area contributed by atoms with Crippen LogP contribution in [0.5, 0.6) is 5.75 Å². The van der Waals surface area contributed by atoms with Gasteiger partial charge in [0.15, 0.2) is 5.13 Å². The van der Waals surface area contributed by atoms with Crippen molar-refractivity contribution < 1.29 is 17.9 Å². The van der Waals surface area contributed by atoms with Gasteiger partial charge in [-0.15, -0.1) is 11.3 Å². The molecule has 35 heavy (non-hydrogen) atoms. The fourth-order valence-corrected chi connectivity index (χ4v) is 8.16. The number of benzene rings is 1. The van der Waals surface area contributed by atoms with Crippen molar-refractivity contribution in [3.05, 3.63) is 35.7 Å². The Hall–Kier alpha value is -2.05. The predicted molar refractivity (Wildman–Crippen MR) is 142 cm³/mol. The Morgan fingerprint density at radius 3 is 2.69 bits per heavy atom. The number of hydrogen-bond donors (Lipinski definition) is 0. The van der Waals surface area contributed by atoms with E-state index in [2.05, 4.69) is 18.7 Å². The van der Waals surface area contributed by atoms with Gasteiger partial charge in [0.2, 0.25) is 5.91 Å². The summed E-state index contributed by atoms with van der Waals surface area (Å²) in [5.74, 6) is 0.525. The maximum atomic E-state index is 14.1. The zero-order chi connectivity index (χ0) is 25.0. The molecule has 2 aromatic heterocycles. The largest absolute Gasteiger partial charge is 0.497 e. The van der Waals surface area contributed by atoms with Crippen LogP contribution >= 0.6 is 22.7 Å². The number of amides is 1. The lowest BCUT2D eigenvalue weighted by Crippen LogP contribution is -2.54. The molecule has 3 heterocycles. The zero-order valence-corrected chi connectivity index (χ0v) is 22.8. The number of carbonyl (C=O) groups is 1. The van der Waals surface area contributed by atoms with E-state index in [4.69, 9.17) is 9.72 Å². The predicted octanol–water partition coefficient (Wildman–Crippen LogP) is 4.28. The summed E-state index contributed by atoms with van der Waals surface area (Å²) in [5, 5.41) is 2.34. The molecule has 1 atom stereocenters. The first-order valence-electron chi connectivity index (χ1n) is 11.9. The van der Waals surface area contributed by atoms with Crippen LogP contribution in [0.3, 0.4) is 0 Å². The highest BCUT2D eigenvalue weighted by molar-refractivity contribution is 7.91. The van der Waals surface area contributed by atoms with Crippen LogP contribution in [0.4, 0.5) is 5.13 Å². The first-order chi connectivity index (χ1) is 16.9. The molecule has 4 rings (SSSR count).